The third-order valence-electron chi connectivity index (χ3n) is 5.79. The summed E-state index contributed by atoms with van der Waals surface area (Å²) >= 11 is 11.8. The maximum Gasteiger partial charge on any atom is 0.188 e. The zero-order chi connectivity index (χ0) is 16.4. The second kappa shape index (κ2) is 4.91. The van der Waals surface area contributed by atoms with Crippen LogP contribution in [0.2, 0.25) is 0 Å². The second-order valence-corrected chi connectivity index (χ2v) is 7.16. The lowest BCUT2D eigenvalue weighted by Crippen LogP contribution is -2.70. The molecule has 22 heavy (non-hydrogen) atoms. The lowest BCUT2D eigenvalue weighted by molar-refractivity contribution is -0.176. The first kappa shape index (κ1) is 16.2. The van der Waals surface area contributed by atoms with Crippen molar-refractivity contribution in [2.45, 2.75) is 25.0 Å². The monoisotopic (exact) mass is 344 g/mol. The van der Waals surface area contributed by atoms with E-state index in [1.807, 2.05) is 13.8 Å². The summed E-state index contributed by atoms with van der Waals surface area (Å²) in [5.41, 5.74) is -1.84. The van der Waals surface area contributed by atoms with Crippen LogP contribution in [0.4, 0.5) is 0 Å². The fraction of sp³-hybridized carbons (Fsp3) is 0.625. The number of aliphatic hydroxyl groups is 2. The highest BCUT2D eigenvalue weighted by atomic mass is 35.5. The van der Waals surface area contributed by atoms with Gasteiger partial charge in [0.15, 0.2) is 11.6 Å². The molecule has 4 rings (SSSR count). The van der Waals surface area contributed by atoms with E-state index in [1.54, 1.807) is 6.08 Å². The normalized spacial score (nSPS) is 47.2. The van der Waals surface area contributed by atoms with E-state index in [-0.39, 0.29) is 23.5 Å². The number of halogens is 2. The smallest absolute Gasteiger partial charge is 0.188 e. The van der Waals surface area contributed by atoms with Crippen molar-refractivity contribution in [1.82, 2.24) is 0 Å². The third-order valence-corrected chi connectivity index (χ3v) is 6.61. The van der Waals surface area contributed by atoms with E-state index in [0.29, 0.717) is 0 Å². The molecule has 0 aromatic rings. The SMILES string of the molecule is CC1=C(C)[C@@H]2[C@@H]3[C@H](C=CC(=O)C3(O)CCl)[C@H]1C(=O)[C@]2(O)CCl. The van der Waals surface area contributed by atoms with E-state index >= 15 is 0 Å². The highest BCUT2D eigenvalue weighted by molar-refractivity contribution is 6.22. The van der Waals surface area contributed by atoms with Gasteiger partial charge in [-0.05, 0) is 25.8 Å². The molecule has 1 saturated carbocycles. The maximum absolute atomic E-state index is 12.7. The molecule has 0 aliphatic heterocycles. The molecule has 6 heteroatoms. The molecule has 4 nitrogen and oxygen atoms in total. The van der Waals surface area contributed by atoms with Crippen LogP contribution in [0.3, 0.4) is 0 Å². The van der Waals surface area contributed by atoms with E-state index in [0.717, 1.165) is 11.1 Å². The molecule has 120 valence electrons. The minimum Gasteiger partial charge on any atom is -0.380 e. The predicted octanol–water partition coefficient (Wildman–Crippen LogP) is 1.46. The van der Waals surface area contributed by atoms with Gasteiger partial charge in [0.2, 0.25) is 0 Å². The standard InChI is InChI=1S/C16H18Cl2O4/c1-7-8(2)12-13-9(3-4-10(19)15(13,21)5-17)11(7)14(20)16(12,22)6-18/h3-4,9,11-13,21-22H,5-6H2,1-2H3/t9-,11+,12-,13+,15?,16+/m1/s1. The van der Waals surface area contributed by atoms with Gasteiger partial charge in [0.1, 0.15) is 11.2 Å². The van der Waals surface area contributed by atoms with Gasteiger partial charge >= 0.3 is 0 Å². The highest BCUT2D eigenvalue weighted by Gasteiger charge is 2.68. The lowest BCUT2D eigenvalue weighted by Gasteiger charge is -2.59. The van der Waals surface area contributed by atoms with Gasteiger partial charge in [-0.1, -0.05) is 17.2 Å². The van der Waals surface area contributed by atoms with Crippen molar-refractivity contribution in [1.29, 1.82) is 0 Å². The minimum atomic E-state index is -1.79. The molecule has 0 aromatic heterocycles. The maximum atomic E-state index is 12.7. The summed E-state index contributed by atoms with van der Waals surface area (Å²) < 4.78 is 0. The van der Waals surface area contributed by atoms with Gasteiger partial charge in [-0.15, -0.1) is 23.2 Å². The number of rotatable bonds is 2. The molecule has 2 bridgehead atoms. The summed E-state index contributed by atoms with van der Waals surface area (Å²) in [5, 5.41) is 21.7. The van der Waals surface area contributed by atoms with E-state index in [9.17, 15) is 19.8 Å². The molecule has 0 heterocycles. The number of carbonyl (C=O) groups excluding carboxylic acids is 2. The number of fused-ring (bicyclic) bond motifs is 1. The highest BCUT2D eigenvalue weighted by Crippen LogP contribution is 2.59. The van der Waals surface area contributed by atoms with Crippen LogP contribution in [-0.4, -0.2) is 44.7 Å². The van der Waals surface area contributed by atoms with E-state index in [2.05, 4.69) is 0 Å². The van der Waals surface area contributed by atoms with Crippen LogP contribution in [0.5, 0.6) is 0 Å². The van der Waals surface area contributed by atoms with Crippen molar-refractivity contribution >= 4 is 34.8 Å². The molecule has 0 saturated heterocycles. The molecule has 0 radical (unpaired) electrons. The number of hydrogen-bond acceptors (Lipinski definition) is 4. The van der Waals surface area contributed by atoms with E-state index < -0.39 is 34.7 Å². The lowest BCUT2D eigenvalue weighted by atomic mass is 9.46. The van der Waals surface area contributed by atoms with Gasteiger partial charge in [0.05, 0.1) is 11.8 Å². The molecule has 1 fully saturated rings. The fourth-order valence-corrected chi connectivity index (χ4v) is 5.17. The van der Waals surface area contributed by atoms with Gasteiger partial charge in [-0.25, -0.2) is 0 Å². The Hall–Kier alpha value is -0.680. The number of hydrogen-bond donors (Lipinski definition) is 2. The number of Topliss-reactive ketones (excluding diaryl/α,β-unsaturated/α-hetero) is 1. The first-order valence-electron chi connectivity index (χ1n) is 7.25. The van der Waals surface area contributed by atoms with E-state index in [4.69, 9.17) is 23.2 Å². The third kappa shape index (κ3) is 1.67. The average molecular weight is 345 g/mol. The number of ketones is 2. The van der Waals surface area contributed by atoms with Gasteiger partial charge in [0.25, 0.3) is 0 Å². The summed E-state index contributed by atoms with van der Waals surface area (Å²) in [6.45, 7) is 3.68. The Morgan fingerprint density at radius 3 is 2.23 bits per heavy atom. The predicted molar refractivity (Wildman–Crippen MR) is 82.8 cm³/mol. The van der Waals surface area contributed by atoms with Crippen LogP contribution in [0.15, 0.2) is 23.3 Å². The van der Waals surface area contributed by atoms with Crippen molar-refractivity contribution in [3.63, 3.8) is 0 Å². The quantitative estimate of drug-likeness (QED) is 0.587. The summed E-state index contributed by atoms with van der Waals surface area (Å²) in [4.78, 5) is 24.9. The molecule has 6 atom stereocenters. The van der Waals surface area contributed by atoms with Gasteiger partial charge < -0.3 is 10.2 Å². The summed E-state index contributed by atoms with van der Waals surface area (Å²) in [5.74, 6) is -3.61. The van der Waals surface area contributed by atoms with Gasteiger partial charge in [-0.2, -0.15) is 0 Å². The Bertz CT molecular complexity index is 622. The van der Waals surface area contributed by atoms with E-state index in [1.165, 1.54) is 6.08 Å². The number of allylic oxidation sites excluding steroid dienone is 2. The minimum absolute atomic E-state index is 0.267. The Morgan fingerprint density at radius 2 is 1.68 bits per heavy atom. The van der Waals surface area contributed by atoms with Crippen LogP contribution in [-0.2, 0) is 9.59 Å². The topological polar surface area (TPSA) is 74.6 Å². The molecular formula is C16H18Cl2O4. The Kier molecular flexibility index (Phi) is 3.61. The summed E-state index contributed by atoms with van der Waals surface area (Å²) in [7, 11) is 0. The van der Waals surface area contributed by atoms with Crippen LogP contribution < -0.4 is 0 Å². The molecule has 0 spiro atoms. The second-order valence-electron chi connectivity index (χ2n) is 6.63. The van der Waals surface area contributed by atoms with Crippen LogP contribution in [0.1, 0.15) is 13.8 Å². The van der Waals surface area contributed by atoms with Crippen molar-refractivity contribution in [3.05, 3.63) is 23.3 Å². The summed E-state index contributed by atoms with van der Waals surface area (Å²) in [6, 6.07) is 0. The Labute approximate surface area is 138 Å². The van der Waals surface area contributed by atoms with Gasteiger partial charge in [0, 0.05) is 17.8 Å². The first-order valence-corrected chi connectivity index (χ1v) is 8.31. The molecule has 0 aromatic carbocycles. The molecule has 1 unspecified atom stereocenters. The van der Waals surface area contributed by atoms with Crippen LogP contribution in [0.25, 0.3) is 0 Å². The molecule has 0 amide bonds. The molecule has 4 aliphatic rings. The molecule has 4 aliphatic carbocycles. The zero-order valence-corrected chi connectivity index (χ0v) is 13.9. The van der Waals surface area contributed by atoms with Crippen LogP contribution >= 0.6 is 23.2 Å². The largest absolute Gasteiger partial charge is 0.380 e. The van der Waals surface area contributed by atoms with Crippen LogP contribution in [0, 0.1) is 23.7 Å². The Morgan fingerprint density at radius 1 is 1.09 bits per heavy atom. The average Bonchev–Trinajstić information content (AvgIpc) is 2.50. The summed E-state index contributed by atoms with van der Waals surface area (Å²) in [6.07, 6.45) is 2.98. The zero-order valence-electron chi connectivity index (χ0n) is 12.3. The number of alkyl halides is 2. The number of carbonyl (C=O) groups is 2. The Balaban J connectivity index is 2.27. The first-order chi connectivity index (χ1) is 10.2. The molecular weight excluding hydrogens is 327 g/mol. The fourth-order valence-electron chi connectivity index (χ4n) is 4.56. The van der Waals surface area contributed by atoms with Crippen molar-refractivity contribution in [2.24, 2.45) is 23.7 Å². The van der Waals surface area contributed by atoms with Crippen molar-refractivity contribution in [2.75, 3.05) is 11.8 Å². The van der Waals surface area contributed by atoms with Gasteiger partial charge in [-0.3, -0.25) is 9.59 Å². The molecule has 2 N–H and O–H groups in total. The van der Waals surface area contributed by atoms with Crippen molar-refractivity contribution in [3.8, 4) is 0 Å². The van der Waals surface area contributed by atoms with Crippen molar-refractivity contribution < 1.29 is 19.8 Å².